The molecular weight excluding hydrogens is 476 g/mol. The second kappa shape index (κ2) is 12.9. The number of rotatable bonds is 3. The Hall–Kier alpha value is -2.63. The molecule has 0 aromatic carbocycles. The number of methoxy groups -OCH3 is 2. The number of hydroxylamine groups is 1. The Kier molecular flexibility index (Phi) is 10.5. The molecule has 1 aliphatic carbocycles. The lowest BCUT2D eigenvalue weighted by atomic mass is 9.98. The molecule has 1 N–H and O–H groups in total. The van der Waals surface area contributed by atoms with Gasteiger partial charge >= 0.3 is 17.9 Å². The lowest BCUT2D eigenvalue weighted by molar-refractivity contribution is -0.159. The van der Waals surface area contributed by atoms with Crippen molar-refractivity contribution < 1.29 is 33.5 Å². The average molecular weight is 513 g/mol. The smallest absolute Gasteiger partial charge is 0.359 e. The maximum absolute atomic E-state index is 11.9. The van der Waals surface area contributed by atoms with Gasteiger partial charge < -0.3 is 19.2 Å². The van der Waals surface area contributed by atoms with Crippen LogP contribution in [0.25, 0.3) is 0 Å². The Morgan fingerprint density at radius 1 is 1.17 bits per heavy atom. The van der Waals surface area contributed by atoms with E-state index < -0.39 is 11.1 Å². The van der Waals surface area contributed by atoms with Crippen LogP contribution < -0.4 is 5.48 Å². The van der Waals surface area contributed by atoms with Gasteiger partial charge in [0.2, 0.25) is 5.91 Å². The van der Waals surface area contributed by atoms with Crippen molar-refractivity contribution in [2.75, 3.05) is 26.5 Å². The van der Waals surface area contributed by atoms with Crippen LogP contribution in [-0.2, 0) is 33.5 Å². The first-order valence-electron chi connectivity index (χ1n) is 11.7. The molecule has 0 aromatic heterocycles. The molecule has 1 amide bonds. The summed E-state index contributed by atoms with van der Waals surface area (Å²) in [4.78, 5) is 59.8. The Morgan fingerprint density at radius 3 is 2.37 bits per heavy atom. The minimum Gasteiger partial charge on any atom is -0.467 e. The summed E-state index contributed by atoms with van der Waals surface area (Å²) >= 11 is 1.53. The van der Waals surface area contributed by atoms with Crippen molar-refractivity contribution in [1.29, 1.82) is 0 Å². The molecule has 0 aromatic rings. The highest BCUT2D eigenvalue weighted by Gasteiger charge is 2.47. The van der Waals surface area contributed by atoms with Crippen molar-refractivity contribution in [2.24, 2.45) is 15.9 Å². The fraction of sp³-hybridized carbons (Fsp3) is 0.739. The molecule has 0 unspecified atom stereocenters. The van der Waals surface area contributed by atoms with Crippen LogP contribution in [0, 0.1) is 5.92 Å². The molecule has 12 heteroatoms. The third-order valence-corrected chi connectivity index (χ3v) is 7.17. The molecule has 2 fully saturated rings. The number of nitrogens with zero attached hydrogens (tertiary/aromatic N) is 3. The summed E-state index contributed by atoms with van der Waals surface area (Å²) in [7, 11) is 2.74. The highest BCUT2D eigenvalue weighted by atomic mass is 32.2. The first-order valence-corrected chi connectivity index (χ1v) is 12.8. The number of aliphatic imine (C=N–C) groups is 2. The van der Waals surface area contributed by atoms with Crippen molar-refractivity contribution in [3.8, 4) is 0 Å². The van der Waals surface area contributed by atoms with E-state index in [4.69, 9.17) is 4.74 Å². The number of nitrogens with one attached hydrogen (secondary N) is 1. The van der Waals surface area contributed by atoms with Crippen LogP contribution in [0.2, 0.25) is 0 Å². The number of ether oxygens (including phenoxy) is 2. The number of likely N-dealkylation sites (tertiary alicyclic amines) is 1. The van der Waals surface area contributed by atoms with E-state index in [-0.39, 0.29) is 35.8 Å². The van der Waals surface area contributed by atoms with E-state index in [0.29, 0.717) is 13.0 Å². The van der Waals surface area contributed by atoms with E-state index in [1.54, 1.807) is 17.4 Å². The predicted octanol–water partition coefficient (Wildman–Crippen LogP) is 1.89. The Labute approximate surface area is 210 Å². The highest BCUT2D eigenvalue weighted by Crippen LogP contribution is 2.35. The van der Waals surface area contributed by atoms with Gasteiger partial charge in [0.25, 0.3) is 0 Å². The predicted molar refractivity (Wildman–Crippen MR) is 132 cm³/mol. The maximum atomic E-state index is 11.9. The van der Waals surface area contributed by atoms with E-state index >= 15 is 0 Å². The van der Waals surface area contributed by atoms with Crippen LogP contribution in [0.15, 0.2) is 9.98 Å². The topological polar surface area (TPSA) is 136 Å². The molecular formula is C23H36N4O7S. The van der Waals surface area contributed by atoms with E-state index in [1.807, 2.05) is 13.8 Å². The zero-order chi connectivity index (χ0) is 26.1. The Morgan fingerprint density at radius 2 is 1.86 bits per heavy atom. The fourth-order valence-corrected chi connectivity index (χ4v) is 5.01. The minimum absolute atomic E-state index is 0.0281. The van der Waals surface area contributed by atoms with Gasteiger partial charge in [-0.2, -0.15) is 0 Å². The third kappa shape index (κ3) is 6.96. The summed E-state index contributed by atoms with van der Waals surface area (Å²) in [5.74, 6) is -0.0950. The largest absolute Gasteiger partial charge is 0.467 e. The van der Waals surface area contributed by atoms with Gasteiger partial charge in [-0.3, -0.25) is 14.8 Å². The first-order chi connectivity index (χ1) is 16.6. The van der Waals surface area contributed by atoms with Gasteiger partial charge in [0.15, 0.2) is 11.6 Å². The Bertz CT molecular complexity index is 842. The molecule has 35 heavy (non-hydrogen) atoms. The number of hydrogen-bond acceptors (Lipinski definition) is 11. The van der Waals surface area contributed by atoms with E-state index in [1.165, 1.54) is 32.3 Å². The first kappa shape index (κ1) is 28.6. The highest BCUT2D eigenvalue weighted by molar-refractivity contribution is 8.12. The number of carbonyl (C=O) groups excluding carboxylic acids is 4. The van der Waals surface area contributed by atoms with Crippen molar-refractivity contribution in [1.82, 2.24) is 10.4 Å². The van der Waals surface area contributed by atoms with Gasteiger partial charge in [0, 0.05) is 18.2 Å². The molecule has 4 rings (SSSR count). The van der Waals surface area contributed by atoms with Crippen LogP contribution in [-0.4, -0.2) is 84.2 Å². The molecule has 0 radical (unpaired) electrons. The van der Waals surface area contributed by atoms with Gasteiger partial charge in [0.05, 0.1) is 19.8 Å². The van der Waals surface area contributed by atoms with Gasteiger partial charge in [-0.05, 0) is 32.6 Å². The van der Waals surface area contributed by atoms with Gasteiger partial charge in [-0.1, -0.05) is 26.7 Å². The van der Waals surface area contributed by atoms with Crippen molar-refractivity contribution in [2.45, 2.75) is 76.4 Å². The van der Waals surface area contributed by atoms with Crippen LogP contribution in [0.5, 0.6) is 0 Å². The maximum Gasteiger partial charge on any atom is 0.359 e. The molecule has 1 spiro atoms. The van der Waals surface area contributed by atoms with Crippen LogP contribution in [0.3, 0.4) is 0 Å². The summed E-state index contributed by atoms with van der Waals surface area (Å²) in [5.41, 5.74) is 2.75. The van der Waals surface area contributed by atoms with Gasteiger partial charge in [0.1, 0.15) is 11.9 Å². The molecule has 2 atom stereocenters. The molecule has 4 aliphatic rings. The number of amides is 1. The molecule has 1 saturated heterocycles. The standard InChI is InChI=1S/C11H19NO3.C7H10N2O2.C5H7NO2S/c1-8(2)9(13)12-7-5-6-11(12,3)10(14)15-4;10-6-7(3-1-2-4-7)8-5-9-11-6;1-8-5(7)4-2-9-3-6-4/h8H,5-7H2,1-4H3;5H,1-4H2,(H,8,9);3-4H,2H2,1H3/t11-;;4-/m0.0/s1. The number of hydrogen-bond donors (Lipinski definition) is 1. The lowest BCUT2D eigenvalue weighted by Gasteiger charge is -2.33. The van der Waals surface area contributed by atoms with Gasteiger partial charge in [-0.15, -0.1) is 11.8 Å². The second-order valence-electron chi connectivity index (χ2n) is 9.14. The fourth-order valence-electron chi connectivity index (χ4n) is 4.29. The third-order valence-electron chi connectivity index (χ3n) is 6.40. The SMILES string of the molecule is COC(=O)[C@@H]1CSC=N1.COC(=O)[C@]1(C)CCCN1C(=O)C(C)C.O=C1ONC=NC12CCCC2. The molecule has 3 heterocycles. The normalized spacial score (nSPS) is 25.7. The lowest BCUT2D eigenvalue weighted by Crippen LogP contribution is -2.52. The molecule has 1 saturated carbocycles. The molecule has 0 bridgehead atoms. The van der Waals surface area contributed by atoms with E-state index in [2.05, 4.69) is 25.0 Å². The van der Waals surface area contributed by atoms with Gasteiger partial charge in [-0.25, -0.2) is 19.9 Å². The molecule has 196 valence electrons. The quantitative estimate of drug-likeness (QED) is 0.444. The van der Waals surface area contributed by atoms with Crippen molar-refractivity contribution >= 4 is 47.5 Å². The van der Waals surface area contributed by atoms with Crippen LogP contribution >= 0.6 is 11.8 Å². The second-order valence-corrected chi connectivity index (χ2v) is 10.0. The van der Waals surface area contributed by atoms with Crippen molar-refractivity contribution in [3.63, 3.8) is 0 Å². The zero-order valence-corrected chi connectivity index (χ0v) is 21.9. The average Bonchev–Trinajstić information content (AvgIpc) is 3.63. The summed E-state index contributed by atoms with van der Waals surface area (Å²) in [6.07, 6.45) is 6.85. The van der Waals surface area contributed by atoms with Crippen LogP contribution in [0.1, 0.15) is 59.3 Å². The molecule has 11 nitrogen and oxygen atoms in total. The van der Waals surface area contributed by atoms with E-state index in [9.17, 15) is 19.2 Å². The summed E-state index contributed by atoms with van der Waals surface area (Å²) in [6, 6.07) is -0.250. The summed E-state index contributed by atoms with van der Waals surface area (Å²) in [5, 5.41) is 0. The van der Waals surface area contributed by atoms with E-state index in [0.717, 1.165) is 37.9 Å². The van der Waals surface area contributed by atoms with Crippen LogP contribution in [0.4, 0.5) is 0 Å². The monoisotopic (exact) mass is 512 g/mol. The summed E-state index contributed by atoms with van der Waals surface area (Å²) in [6.45, 7) is 6.13. The number of esters is 2. The van der Waals surface area contributed by atoms with Crippen molar-refractivity contribution in [3.05, 3.63) is 0 Å². The zero-order valence-electron chi connectivity index (χ0n) is 21.1. The Balaban J connectivity index is 0.000000192. The molecule has 3 aliphatic heterocycles. The number of carbonyl (C=O) groups is 4. The summed E-state index contributed by atoms with van der Waals surface area (Å²) < 4.78 is 9.23. The minimum atomic E-state index is -0.754. The number of thioether (sulfide) groups is 1.